The number of halogens is 1. The lowest BCUT2D eigenvalue weighted by atomic mass is 10.1. The van der Waals surface area contributed by atoms with Crippen molar-refractivity contribution in [2.45, 2.75) is 96.8 Å². The van der Waals surface area contributed by atoms with Crippen molar-refractivity contribution in [2.75, 3.05) is 46.0 Å². The standard InChI is InChI=1S/C24H50NO3.ClH/c1-2-3-4-5-6-7-8-9-10-11-12-13-14-15-16-17-18-25(19-22-26,20-23-27)21-24-28;/h9-10,26-28H,2-8,11-24H2,1H3;1H/q+1;/p-1/b10-9-;. The van der Waals surface area contributed by atoms with E-state index in [4.69, 9.17) is 0 Å². The zero-order chi connectivity index (χ0) is 20.8. The summed E-state index contributed by atoms with van der Waals surface area (Å²) >= 11 is 0. The molecule has 0 heterocycles. The SMILES string of the molecule is CCCCCCCC/C=C\CCCCCCCC[N+](CCO)(CCO)CCO.[Cl-]. The van der Waals surface area contributed by atoms with Crippen LogP contribution in [0.15, 0.2) is 12.2 Å². The number of hydrogen-bond acceptors (Lipinski definition) is 3. The summed E-state index contributed by atoms with van der Waals surface area (Å²) in [5.41, 5.74) is 0. The van der Waals surface area contributed by atoms with Crippen LogP contribution in [0, 0.1) is 0 Å². The number of quaternary nitrogens is 1. The molecule has 0 unspecified atom stereocenters. The van der Waals surface area contributed by atoms with Crippen LogP contribution in [-0.2, 0) is 0 Å². The highest BCUT2D eigenvalue weighted by molar-refractivity contribution is 4.81. The van der Waals surface area contributed by atoms with Gasteiger partial charge in [-0.2, -0.15) is 0 Å². The molecule has 0 spiro atoms. The predicted molar refractivity (Wildman–Crippen MR) is 120 cm³/mol. The minimum atomic E-state index is 0. The summed E-state index contributed by atoms with van der Waals surface area (Å²) in [6, 6.07) is 0. The van der Waals surface area contributed by atoms with E-state index in [0.29, 0.717) is 24.1 Å². The first kappa shape index (κ1) is 31.1. The van der Waals surface area contributed by atoms with Crippen molar-refractivity contribution in [3.05, 3.63) is 12.2 Å². The van der Waals surface area contributed by atoms with Gasteiger partial charge in [-0.1, -0.05) is 70.4 Å². The van der Waals surface area contributed by atoms with Gasteiger partial charge in [-0.25, -0.2) is 0 Å². The maximum Gasteiger partial charge on any atom is 0.102 e. The highest BCUT2D eigenvalue weighted by Crippen LogP contribution is 2.13. The van der Waals surface area contributed by atoms with Gasteiger partial charge in [0.15, 0.2) is 0 Å². The van der Waals surface area contributed by atoms with E-state index in [1.165, 1.54) is 83.5 Å². The van der Waals surface area contributed by atoms with Gasteiger partial charge in [0.05, 0.1) is 26.4 Å². The molecular weight excluding hydrogens is 386 g/mol. The maximum atomic E-state index is 9.31. The molecule has 0 saturated heterocycles. The van der Waals surface area contributed by atoms with Gasteiger partial charge in [0.2, 0.25) is 0 Å². The van der Waals surface area contributed by atoms with Gasteiger partial charge in [0, 0.05) is 0 Å². The number of aliphatic hydroxyl groups excluding tert-OH is 3. The molecule has 0 aromatic heterocycles. The highest BCUT2D eigenvalue weighted by Gasteiger charge is 2.25. The van der Waals surface area contributed by atoms with E-state index in [2.05, 4.69) is 19.1 Å². The van der Waals surface area contributed by atoms with Gasteiger partial charge < -0.3 is 32.2 Å². The van der Waals surface area contributed by atoms with Crippen LogP contribution >= 0.6 is 0 Å². The third-order valence-electron chi connectivity index (χ3n) is 5.87. The Morgan fingerprint density at radius 1 is 0.517 bits per heavy atom. The molecule has 0 fully saturated rings. The fourth-order valence-corrected chi connectivity index (χ4v) is 4.00. The van der Waals surface area contributed by atoms with Crippen molar-refractivity contribution in [2.24, 2.45) is 0 Å². The second kappa shape index (κ2) is 24.1. The molecule has 3 N–H and O–H groups in total. The van der Waals surface area contributed by atoms with Crippen LogP contribution in [-0.4, -0.2) is 65.8 Å². The van der Waals surface area contributed by atoms with E-state index in [9.17, 15) is 15.3 Å². The summed E-state index contributed by atoms with van der Waals surface area (Å²) < 4.78 is 0.646. The molecule has 4 nitrogen and oxygen atoms in total. The molecule has 0 aliphatic rings. The molecule has 0 amide bonds. The number of rotatable bonds is 22. The van der Waals surface area contributed by atoms with Crippen LogP contribution in [0.1, 0.15) is 96.8 Å². The van der Waals surface area contributed by atoms with Crippen LogP contribution in [0.25, 0.3) is 0 Å². The Morgan fingerprint density at radius 3 is 1.31 bits per heavy atom. The van der Waals surface area contributed by atoms with E-state index in [1.807, 2.05) is 0 Å². The van der Waals surface area contributed by atoms with Gasteiger partial charge in [-0.15, -0.1) is 0 Å². The highest BCUT2D eigenvalue weighted by atomic mass is 35.5. The van der Waals surface area contributed by atoms with Crippen molar-refractivity contribution in [1.29, 1.82) is 0 Å². The second-order valence-corrected chi connectivity index (χ2v) is 8.34. The molecular formula is C24H50ClNO3. The number of nitrogens with zero attached hydrogens (tertiary/aromatic N) is 1. The first-order valence-electron chi connectivity index (χ1n) is 12.1. The third-order valence-corrected chi connectivity index (χ3v) is 5.87. The fourth-order valence-electron chi connectivity index (χ4n) is 4.00. The third kappa shape index (κ3) is 19.6. The summed E-state index contributed by atoms with van der Waals surface area (Å²) in [6.45, 7) is 5.46. The molecule has 0 aliphatic carbocycles. The molecule has 0 saturated carbocycles. The molecule has 176 valence electrons. The van der Waals surface area contributed by atoms with Gasteiger partial charge in [-0.3, -0.25) is 0 Å². The van der Waals surface area contributed by atoms with Gasteiger partial charge >= 0.3 is 0 Å². The van der Waals surface area contributed by atoms with E-state index in [1.54, 1.807) is 0 Å². The van der Waals surface area contributed by atoms with Crippen LogP contribution in [0.4, 0.5) is 0 Å². The Morgan fingerprint density at radius 2 is 0.897 bits per heavy atom. The molecule has 5 heteroatoms. The zero-order valence-electron chi connectivity index (χ0n) is 19.2. The summed E-state index contributed by atoms with van der Waals surface area (Å²) in [6.07, 6.45) is 23.0. The quantitative estimate of drug-likeness (QED) is 0.138. The number of unbranched alkanes of at least 4 members (excludes halogenated alkanes) is 12. The average Bonchev–Trinajstić information content (AvgIpc) is 2.68. The van der Waals surface area contributed by atoms with Crippen molar-refractivity contribution < 1.29 is 32.2 Å². The number of aliphatic hydroxyl groups is 3. The monoisotopic (exact) mass is 435 g/mol. The normalized spacial score (nSPS) is 11.9. The Hall–Kier alpha value is -0.130. The van der Waals surface area contributed by atoms with Gasteiger partial charge in [0.25, 0.3) is 0 Å². The molecule has 0 bridgehead atoms. The van der Waals surface area contributed by atoms with Crippen LogP contribution < -0.4 is 12.4 Å². The molecule has 0 atom stereocenters. The Bertz CT molecular complexity index is 323. The molecule has 0 rings (SSSR count). The molecule has 0 radical (unpaired) electrons. The Balaban J connectivity index is 0. The second-order valence-electron chi connectivity index (χ2n) is 8.34. The van der Waals surface area contributed by atoms with Crippen molar-refractivity contribution in [3.63, 3.8) is 0 Å². The first-order valence-corrected chi connectivity index (χ1v) is 12.1. The number of allylic oxidation sites excluding steroid dienone is 2. The lowest BCUT2D eigenvalue weighted by Gasteiger charge is -2.37. The molecule has 29 heavy (non-hydrogen) atoms. The van der Waals surface area contributed by atoms with Crippen LogP contribution in [0.3, 0.4) is 0 Å². The summed E-state index contributed by atoms with van der Waals surface area (Å²) in [5.74, 6) is 0. The lowest BCUT2D eigenvalue weighted by Crippen LogP contribution is -3.00. The zero-order valence-corrected chi connectivity index (χ0v) is 19.9. The minimum absolute atomic E-state index is 0. The van der Waals surface area contributed by atoms with Crippen molar-refractivity contribution >= 4 is 0 Å². The van der Waals surface area contributed by atoms with Crippen LogP contribution in [0.5, 0.6) is 0 Å². The summed E-state index contributed by atoms with van der Waals surface area (Å²) in [7, 11) is 0. The van der Waals surface area contributed by atoms with Crippen molar-refractivity contribution in [1.82, 2.24) is 0 Å². The lowest BCUT2D eigenvalue weighted by molar-refractivity contribution is -0.929. The Kier molecular flexibility index (Phi) is 25.9. The fraction of sp³-hybridized carbons (Fsp3) is 0.917. The van der Waals surface area contributed by atoms with E-state index < -0.39 is 0 Å². The largest absolute Gasteiger partial charge is 1.00 e. The maximum absolute atomic E-state index is 9.31. The average molecular weight is 436 g/mol. The predicted octanol–water partition coefficient (Wildman–Crippen LogP) is 1.82. The van der Waals surface area contributed by atoms with Crippen molar-refractivity contribution in [3.8, 4) is 0 Å². The summed E-state index contributed by atoms with van der Waals surface area (Å²) in [4.78, 5) is 0. The minimum Gasteiger partial charge on any atom is -1.00 e. The summed E-state index contributed by atoms with van der Waals surface area (Å²) in [5, 5.41) is 27.9. The van der Waals surface area contributed by atoms with E-state index in [0.717, 1.165) is 13.0 Å². The van der Waals surface area contributed by atoms with E-state index >= 15 is 0 Å². The molecule has 0 aromatic carbocycles. The smallest absolute Gasteiger partial charge is 0.102 e. The van der Waals surface area contributed by atoms with Crippen LogP contribution in [0.2, 0.25) is 0 Å². The molecule has 0 aliphatic heterocycles. The topological polar surface area (TPSA) is 60.7 Å². The first-order chi connectivity index (χ1) is 13.7. The molecule has 0 aromatic rings. The Labute approximate surface area is 187 Å². The van der Waals surface area contributed by atoms with Gasteiger partial charge in [-0.05, 0) is 38.5 Å². The van der Waals surface area contributed by atoms with Gasteiger partial charge in [0.1, 0.15) is 19.6 Å². The number of hydrogen-bond donors (Lipinski definition) is 3. The van der Waals surface area contributed by atoms with E-state index in [-0.39, 0.29) is 32.2 Å².